The fourth-order valence-electron chi connectivity index (χ4n) is 2.17. The van der Waals surface area contributed by atoms with Crippen molar-refractivity contribution in [3.63, 3.8) is 0 Å². The summed E-state index contributed by atoms with van der Waals surface area (Å²) in [7, 11) is 7.73. The standard InChI is InChI=1S/C14H19N3O/c1-15-11-5-6-12-13(7-11)10(8-16(2)3)9-17(4)14(12)18/h5-7,9,15H,8H2,1-4H3. The summed E-state index contributed by atoms with van der Waals surface area (Å²) in [4.78, 5) is 14.2. The zero-order chi connectivity index (χ0) is 13.3. The molecule has 0 amide bonds. The highest BCUT2D eigenvalue weighted by molar-refractivity contribution is 5.87. The van der Waals surface area contributed by atoms with Crippen molar-refractivity contribution >= 4 is 16.5 Å². The second kappa shape index (κ2) is 4.82. The van der Waals surface area contributed by atoms with E-state index in [4.69, 9.17) is 0 Å². The number of benzene rings is 1. The minimum Gasteiger partial charge on any atom is -0.388 e. The number of hydrogen-bond donors (Lipinski definition) is 1. The van der Waals surface area contributed by atoms with Gasteiger partial charge < -0.3 is 14.8 Å². The van der Waals surface area contributed by atoms with E-state index < -0.39 is 0 Å². The molecule has 2 rings (SSSR count). The van der Waals surface area contributed by atoms with E-state index in [0.717, 1.165) is 28.6 Å². The molecule has 0 saturated carbocycles. The Balaban J connectivity index is 2.75. The lowest BCUT2D eigenvalue weighted by Gasteiger charge is -2.14. The first-order chi connectivity index (χ1) is 8.52. The number of anilines is 1. The van der Waals surface area contributed by atoms with E-state index in [0.29, 0.717) is 0 Å². The van der Waals surface area contributed by atoms with Gasteiger partial charge in [0.25, 0.3) is 5.56 Å². The summed E-state index contributed by atoms with van der Waals surface area (Å²) in [5.74, 6) is 0. The van der Waals surface area contributed by atoms with Crippen molar-refractivity contribution in [2.45, 2.75) is 6.54 Å². The van der Waals surface area contributed by atoms with Crippen molar-refractivity contribution in [2.24, 2.45) is 7.05 Å². The van der Waals surface area contributed by atoms with Crippen LogP contribution in [0.1, 0.15) is 5.56 Å². The van der Waals surface area contributed by atoms with Crippen LogP contribution in [0.5, 0.6) is 0 Å². The largest absolute Gasteiger partial charge is 0.388 e. The molecule has 0 aliphatic rings. The van der Waals surface area contributed by atoms with E-state index in [9.17, 15) is 4.79 Å². The molecule has 4 nitrogen and oxygen atoms in total. The van der Waals surface area contributed by atoms with Crippen LogP contribution in [0.15, 0.2) is 29.2 Å². The summed E-state index contributed by atoms with van der Waals surface area (Å²) < 4.78 is 1.65. The zero-order valence-corrected chi connectivity index (χ0v) is 11.3. The minimum absolute atomic E-state index is 0.0511. The molecule has 2 aromatic rings. The molecule has 0 atom stereocenters. The second-order valence-corrected chi connectivity index (χ2v) is 4.82. The van der Waals surface area contributed by atoms with E-state index in [1.807, 2.05) is 45.5 Å². The summed E-state index contributed by atoms with van der Waals surface area (Å²) in [6, 6.07) is 5.86. The van der Waals surface area contributed by atoms with Gasteiger partial charge in [0.05, 0.1) is 0 Å². The van der Waals surface area contributed by atoms with Crippen LogP contribution in [0.2, 0.25) is 0 Å². The molecule has 1 aromatic carbocycles. The van der Waals surface area contributed by atoms with Crippen LogP contribution in [0.3, 0.4) is 0 Å². The molecule has 0 aliphatic carbocycles. The van der Waals surface area contributed by atoms with Gasteiger partial charge in [-0.05, 0) is 43.2 Å². The predicted octanol–water partition coefficient (Wildman–Crippen LogP) is 1.64. The summed E-state index contributed by atoms with van der Waals surface area (Å²) >= 11 is 0. The van der Waals surface area contributed by atoms with Gasteiger partial charge in [-0.15, -0.1) is 0 Å². The maximum absolute atomic E-state index is 12.1. The van der Waals surface area contributed by atoms with Crippen molar-refractivity contribution in [3.8, 4) is 0 Å². The van der Waals surface area contributed by atoms with E-state index in [1.54, 1.807) is 11.6 Å². The number of rotatable bonds is 3. The van der Waals surface area contributed by atoms with Gasteiger partial charge in [-0.1, -0.05) is 0 Å². The molecule has 18 heavy (non-hydrogen) atoms. The van der Waals surface area contributed by atoms with Gasteiger partial charge in [-0.3, -0.25) is 4.79 Å². The molecule has 1 heterocycles. The lowest BCUT2D eigenvalue weighted by molar-refractivity contribution is 0.403. The fourth-order valence-corrected chi connectivity index (χ4v) is 2.17. The van der Waals surface area contributed by atoms with E-state index in [-0.39, 0.29) is 5.56 Å². The Morgan fingerprint density at radius 2 is 2.00 bits per heavy atom. The molecule has 0 spiro atoms. The third kappa shape index (κ3) is 2.24. The Morgan fingerprint density at radius 1 is 1.28 bits per heavy atom. The number of nitrogens with one attached hydrogen (secondary N) is 1. The molecular formula is C14H19N3O. The van der Waals surface area contributed by atoms with Crippen molar-refractivity contribution in [3.05, 3.63) is 40.3 Å². The smallest absolute Gasteiger partial charge is 0.258 e. The predicted molar refractivity (Wildman–Crippen MR) is 76.1 cm³/mol. The first-order valence-corrected chi connectivity index (χ1v) is 5.97. The SMILES string of the molecule is CNc1ccc2c(=O)n(C)cc(CN(C)C)c2c1. The minimum atomic E-state index is 0.0511. The molecule has 0 unspecified atom stereocenters. The first kappa shape index (κ1) is 12.6. The Labute approximate surface area is 107 Å². The molecule has 0 fully saturated rings. The van der Waals surface area contributed by atoms with Gasteiger partial charge in [0, 0.05) is 37.9 Å². The van der Waals surface area contributed by atoms with Crippen LogP contribution in [-0.2, 0) is 13.6 Å². The van der Waals surface area contributed by atoms with Crippen molar-refractivity contribution in [1.29, 1.82) is 0 Å². The Hall–Kier alpha value is -1.81. The number of fused-ring (bicyclic) bond motifs is 1. The third-order valence-corrected chi connectivity index (χ3v) is 3.04. The summed E-state index contributed by atoms with van der Waals surface area (Å²) in [5.41, 5.74) is 2.24. The highest BCUT2D eigenvalue weighted by Crippen LogP contribution is 2.20. The molecule has 4 heteroatoms. The van der Waals surface area contributed by atoms with Gasteiger partial charge in [0.2, 0.25) is 0 Å². The van der Waals surface area contributed by atoms with Crippen molar-refractivity contribution < 1.29 is 0 Å². The van der Waals surface area contributed by atoms with Gasteiger partial charge in [-0.2, -0.15) is 0 Å². The van der Waals surface area contributed by atoms with Crippen LogP contribution in [0, 0.1) is 0 Å². The topological polar surface area (TPSA) is 37.3 Å². The van der Waals surface area contributed by atoms with Crippen molar-refractivity contribution in [1.82, 2.24) is 9.47 Å². The number of aromatic nitrogens is 1. The van der Waals surface area contributed by atoms with Gasteiger partial charge in [0.1, 0.15) is 0 Å². The Bertz CT molecular complexity index is 629. The van der Waals surface area contributed by atoms with Gasteiger partial charge >= 0.3 is 0 Å². The summed E-state index contributed by atoms with van der Waals surface area (Å²) in [6.45, 7) is 0.817. The number of nitrogens with zero attached hydrogens (tertiary/aromatic N) is 2. The van der Waals surface area contributed by atoms with Crippen LogP contribution in [0.25, 0.3) is 10.8 Å². The fraction of sp³-hybridized carbons (Fsp3) is 0.357. The van der Waals surface area contributed by atoms with Crippen LogP contribution >= 0.6 is 0 Å². The maximum atomic E-state index is 12.1. The quantitative estimate of drug-likeness (QED) is 0.893. The van der Waals surface area contributed by atoms with E-state index in [1.165, 1.54) is 0 Å². The first-order valence-electron chi connectivity index (χ1n) is 5.97. The van der Waals surface area contributed by atoms with E-state index in [2.05, 4.69) is 10.2 Å². The lowest BCUT2D eigenvalue weighted by atomic mass is 10.1. The molecule has 96 valence electrons. The van der Waals surface area contributed by atoms with Gasteiger partial charge in [0.15, 0.2) is 0 Å². The second-order valence-electron chi connectivity index (χ2n) is 4.82. The van der Waals surface area contributed by atoms with Crippen LogP contribution < -0.4 is 10.9 Å². The molecule has 1 aromatic heterocycles. The highest BCUT2D eigenvalue weighted by Gasteiger charge is 2.08. The maximum Gasteiger partial charge on any atom is 0.258 e. The van der Waals surface area contributed by atoms with Crippen LogP contribution in [0.4, 0.5) is 5.69 Å². The average molecular weight is 245 g/mol. The molecule has 0 bridgehead atoms. The van der Waals surface area contributed by atoms with Gasteiger partial charge in [-0.25, -0.2) is 0 Å². The zero-order valence-electron chi connectivity index (χ0n) is 11.3. The number of aryl methyl sites for hydroxylation is 1. The highest BCUT2D eigenvalue weighted by atomic mass is 16.1. The number of hydrogen-bond acceptors (Lipinski definition) is 3. The molecule has 1 N–H and O–H groups in total. The molecule has 0 aliphatic heterocycles. The van der Waals surface area contributed by atoms with Crippen molar-refractivity contribution in [2.75, 3.05) is 26.5 Å². The average Bonchev–Trinajstić information content (AvgIpc) is 2.34. The summed E-state index contributed by atoms with van der Waals surface area (Å²) in [5, 5.41) is 4.91. The molecule has 0 saturated heterocycles. The number of pyridine rings is 1. The Morgan fingerprint density at radius 3 is 2.61 bits per heavy atom. The Kier molecular flexibility index (Phi) is 3.39. The lowest BCUT2D eigenvalue weighted by Crippen LogP contribution is -2.20. The molecular weight excluding hydrogens is 226 g/mol. The van der Waals surface area contributed by atoms with E-state index >= 15 is 0 Å². The normalized spacial score (nSPS) is 11.2. The monoisotopic (exact) mass is 245 g/mol. The third-order valence-electron chi connectivity index (χ3n) is 3.04. The van der Waals surface area contributed by atoms with Crippen LogP contribution in [-0.4, -0.2) is 30.6 Å². The molecule has 0 radical (unpaired) electrons. The summed E-state index contributed by atoms with van der Waals surface area (Å²) in [6.07, 6.45) is 1.92.